The maximum Gasteiger partial charge on any atom is 0.241 e. The number of sulfonamides is 1. The summed E-state index contributed by atoms with van der Waals surface area (Å²) in [5.41, 5.74) is 0.720. The Labute approximate surface area is 119 Å². The Bertz CT molecular complexity index is 547. The van der Waals surface area contributed by atoms with E-state index in [0.717, 1.165) is 6.54 Å². The monoisotopic (exact) mass is 304 g/mol. The summed E-state index contributed by atoms with van der Waals surface area (Å²) in [4.78, 5) is -0.0264. The van der Waals surface area contributed by atoms with E-state index >= 15 is 0 Å². The van der Waals surface area contributed by atoms with Crippen molar-refractivity contribution in [1.82, 2.24) is 10.0 Å². The average molecular weight is 304 g/mol. The van der Waals surface area contributed by atoms with Crippen LogP contribution in [-0.2, 0) is 21.3 Å². The number of hydrogen-bond acceptors (Lipinski definition) is 4. The normalized spacial score (nSPS) is 11.8. The molecule has 7 heteroatoms. The molecule has 0 aliphatic carbocycles. The molecule has 0 heterocycles. The maximum atomic E-state index is 13.8. The van der Waals surface area contributed by atoms with Crippen molar-refractivity contribution < 1.29 is 17.5 Å². The lowest BCUT2D eigenvalue weighted by molar-refractivity contribution is 0.204. The van der Waals surface area contributed by atoms with Crippen molar-refractivity contribution >= 4 is 10.0 Å². The molecular formula is C13H21FN2O3S. The van der Waals surface area contributed by atoms with Gasteiger partial charge in [0, 0.05) is 25.8 Å². The van der Waals surface area contributed by atoms with Crippen LogP contribution >= 0.6 is 0 Å². The Morgan fingerprint density at radius 3 is 2.65 bits per heavy atom. The first-order chi connectivity index (χ1) is 9.42. The number of benzene rings is 1. The van der Waals surface area contributed by atoms with Gasteiger partial charge in [0.2, 0.25) is 10.0 Å². The molecule has 0 aliphatic heterocycles. The molecule has 0 amide bonds. The van der Waals surface area contributed by atoms with Gasteiger partial charge in [0.25, 0.3) is 0 Å². The second kappa shape index (κ2) is 7.68. The van der Waals surface area contributed by atoms with Gasteiger partial charge >= 0.3 is 0 Å². The highest BCUT2D eigenvalue weighted by Gasteiger charge is 2.19. The van der Waals surface area contributed by atoms with E-state index in [4.69, 9.17) is 4.74 Å². The fourth-order valence-corrected chi connectivity index (χ4v) is 3.03. The third kappa shape index (κ3) is 4.52. The quantitative estimate of drug-likeness (QED) is 0.708. The largest absolute Gasteiger partial charge is 0.383 e. The molecule has 0 saturated carbocycles. The molecular weight excluding hydrogens is 283 g/mol. The summed E-state index contributed by atoms with van der Waals surface area (Å²) in [5, 5.41) is 3.04. The first kappa shape index (κ1) is 17.0. The molecule has 2 N–H and O–H groups in total. The summed E-state index contributed by atoms with van der Waals surface area (Å²) in [6.07, 6.45) is 0. The van der Waals surface area contributed by atoms with Crippen LogP contribution in [0.25, 0.3) is 0 Å². The van der Waals surface area contributed by atoms with Crippen molar-refractivity contribution in [3.8, 4) is 0 Å². The Morgan fingerprint density at radius 2 is 2.05 bits per heavy atom. The van der Waals surface area contributed by atoms with Gasteiger partial charge in [0.15, 0.2) is 0 Å². The molecule has 0 aromatic heterocycles. The maximum absolute atomic E-state index is 13.8. The molecule has 0 aliphatic rings. The molecule has 5 nitrogen and oxygen atoms in total. The zero-order valence-corrected chi connectivity index (χ0v) is 12.8. The van der Waals surface area contributed by atoms with Crippen LogP contribution in [0.5, 0.6) is 0 Å². The molecule has 20 heavy (non-hydrogen) atoms. The Kier molecular flexibility index (Phi) is 6.54. The van der Waals surface area contributed by atoms with Crippen molar-refractivity contribution in [3.05, 3.63) is 29.1 Å². The van der Waals surface area contributed by atoms with E-state index in [1.54, 1.807) is 0 Å². The molecule has 1 rings (SSSR count). The third-order valence-electron chi connectivity index (χ3n) is 2.82. The number of halogens is 1. The summed E-state index contributed by atoms with van der Waals surface area (Å²) in [7, 11) is -2.25. The first-order valence-corrected chi connectivity index (χ1v) is 7.89. The minimum Gasteiger partial charge on any atom is -0.383 e. The number of nitrogens with one attached hydrogen (secondary N) is 2. The number of hydrogen-bond donors (Lipinski definition) is 2. The van der Waals surface area contributed by atoms with Crippen LogP contribution in [0.15, 0.2) is 17.0 Å². The molecule has 1 aromatic rings. The van der Waals surface area contributed by atoms with Gasteiger partial charge in [-0.2, -0.15) is 0 Å². The smallest absolute Gasteiger partial charge is 0.241 e. The van der Waals surface area contributed by atoms with Crippen molar-refractivity contribution in [1.29, 1.82) is 0 Å². The van der Waals surface area contributed by atoms with E-state index < -0.39 is 15.8 Å². The van der Waals surface area contributed by atoms with Gasteiger partial charge in [0.1, 0.15) is 5.82 Å². The molecule has 0 saturated heterocycles. The summed E-state index contributed by atoms with van der Waals surface area (Å²) in [6.45, 7) is 4.94. The highest BCUT2D eigenvalue weighted by atomic mass is 32.2. The summed E-state index contributed by atoms with van der Waals surface area (Å²) in [5.74, 6) is -0.521. The van der Waals surface area contributed by atoms with Crippen LogP contribution in [-0.4, -0.2) is 35.2 Å². The van der Waals surface area contributed by atoms with Crippen LogP contribution < -0.4 is 10.0 Å². The Morgan fingerprint density at radius 1 is 1.35 bits per heavy atom. The van der Waals surface area contributed by atoms with Crippen LogP contribution in [0, 0.1) is 12.7 Å². The van der Waals surface area contributed by atoms with Gasteiger partial charge < -0.3 is 10.1 Å². The second-order valence-electron chi connectivity index (χ2n) is 4.37. The number of rotatable bonds is 8. The van der Waals surface area contributed by atoms with Crippen molar-refractivity contribution in [3.63, 3.8) is 0 Å². The van der Waals surface area contributed by atoms with E-state index in [1.807, 2.05) is 6.92 Å². The number of methoxy groups -OCH3 is 1. The van der Waals surface area contributed by atoms with E-state index in [9.17, 15) is 12.8 Å². The average Bonchev–Trinajstić information content (AvgIpc) is 2.39. The molecule has 114 valence electrons. The summed E-state index contributed by atoms with van der Waals surface area (Å²) < 4.78 is 45.3. The molecule has 0 bridgehead atoms. The molecule has 0 unspecified atom stereocenters. The van der Waals surface area contributed by atoms with Crippen LogP contribution in [0.3, 0.4) is 0 Å². The van der Waals surface area contributed by atoms with Crippen LogP contribution in [0.1, 0.15) is 18.1 Å². The SMILES string of the molecule is CCNCc1cc(F)c(C)c(S(=O)(=O)NCCOC)c1. The standard InChI is InChI=1S/C13H21FN2O3S/c1-4-15-9-11-7-12(14)10(2)13(8-11)20(17,18)16-5-6-19-3/h7-8,15-16H,4-6,9H2,1-3H3. The Hall–Kier alpha value is -1.02. The van der Waals surface area contributed by atoms with E-state index in [0.29, 0.717) is 12.1 Å². The van der Waals surface area contributed by atoms with Gasteiger partial charge in [-0.3, -0.25) is 0 Å². The molecule has 1 aromatic carbocycles. The zero-order chi connectivity index (χ0) is 15.2. The van der Waals surface area contributed by atoms with Crippen molar-refractivity contribution in [2.45, 2.75) is 25.3 Å². The molecule has 0 fully saturated rings. The lowest BCUT2D eigenvalue weighted by atomic mass is 10.1. The van der Waals surface area contributed by atoms with Crippen molar-refractivity contribution in [2.75, 3.05) is 26.8 Å². The highest BCUT2D eigenvalue weighted by Crippen LogP contribution is 2.20. The van der Waals surface area contributed by atoms with Gasteiger partial charge in [-0.25, -0.2) is 17.5 Å². The molecule has 0 spiro atoms. The van der Waals surface area contributed by atoms with E-state index in [-0.39, 0.29) is 23.6 Å². The summed E-state index contributed by atoms with van der Waals surface area (Å²) in [6, 6.07) is 2.85. The van der Waals surface area contributed by atoms with E-state index in [1.165, 1.54) is 26.2 Å². The van der Waals surface area contributed by atoms with Gasteiger partial charge in [-0.1, -0.05) is 6.92 Å². The van der Waals surface area contributed by atoms with Gasteiger partial charge in [-0.05, 0) is 31.2 Å². The third-order valence-corrected chi connectivity index (χ3v) is 4.41. The van der Waals surface area contributed by atoms with Gasteiger partial charge in [0.05, 0.1) is 11.5 Å². The lowest BCUT2D eigenvalue weighted by Crippen LogP contribution is -2.28. The second-order valence-corrected chi connectivity index (χ2v) is 6.11. The van der Waals surface area contributed by atoms with Gasteiger partial charge in [-0.15, -0.1) is 0 Å². The summed E-state index contributed by atoms with van der Waals surface area (Å²) >= 11 is 0. The predicted molar refractivity (Wildman–Crippen MR) is 75.6 cm³/mol. The highest BCUT2D eigenvalue weighted by molar-refractivity contribution is 7.89. The zero-order valence-electron chi connectivity index (χ0n) is 12.0. The predicted octanol–water partition coefficient (Wildman–Crippen LogP) is 1.17. The fraction of sp³-hybridized carbons (Fsp3) is 0.538. The minimum atomic E-state index is -3.73. The molecule has 0 radical (unpaired) electrons. The van der Waals surface area contributed by atoms with Crippen molar-refractivity contribution in [2.24, 2.45) is 0 Å². The Balaban J connectivity index is 3.05. The van der Waals surface area contributed by atoms with Crippen LogP contribution in [0.4, 0.5) is 4.39 Å². The first-order valence-electron chi connectivity index (χ1n) is 6.40. The molecule has 0 atom stereocenters. The lowest BCUT2D eigenvalue weighted by Gasteiger charge is -2.12. The van der Waals surface area contributed by atoms with E-state index in [2.05, 4.69) is 10.0 Å². The fourth-order valence-electron chi connectivity index (χ4n) is 1.71. The topological polar surface area (TPSA) is 67.4 Å². The minimum absolute atomic E-state index is 0.0264. The van der Waals surface area contributed by atoms with Crippen LogP contribution in [0.2, 0.25) is 0 Å². The number of ether oxygens (including phenoxy) is 1.